The fourth-order valence-electron chi connectivity index (χ4n) is 2.80. The Morgan fingerprint density at radius 1 is 1.13 bits per heavy atom. The molecule has 158 valence electrons. The van der Waals surface area contributed by atoms with Gasteiger partial charge in [-0.05, 0) is 48.2 Å². The Morgan fingerprint density at radius 3 is 2.67 bits per heavy atom. The molecule has 7 nitrogen and oxygen atoms in total. The summed E-state index contributed by atoms with van der Waals surface area (Å²) in [5.41, 5.74) is 0.996. The molecule has 0 spiro atoms. The van der Waals surface area contributed by atoms with Crippen LogP contribution >= 0.6 is 0 Å². The molecule has 1 heterocycles. The molecule has 0 aromatic heterocycles. The molecule has 1 N–H and O–H groups in total. The predicted octanol–water partition coefficient (Wildman–Crippen LogP) is 3.78. The zero-order valence-electron chi connectivity index (χ0n) is 17.3. The zero-order valence-corrected chi connectivity index (χ0v) is 17.3. The molecular weight excluding hydrogens is 386 g/mol. The summed E-state index contributed by atoms with van der Waals surface area (Å²) in [6.07, 6.45) is 2.27. The minimum absolute atomic E-state index is 0.0218. The maximum atomic E-state index is 12.8. The van der Waals surface area contributed by atoms with Gasteiger partial charge in [0.05, 0.1) is 19.3 Å². The smallest absolute Gasteiger partial charge is 0.354 e. The lowest BCUT2D eigenvalue weighted by Gasteiger charge is -2.13. The minimum Gasteiger partial charge on any atom is -0.496 e. The molecule has 0 saturated carbocycles. The Kier molecular flexibility index (Phi) is 6.95. The quantitative estimate of drug-likeness (QED) is 0.526. The molecule has 0 fully saturated rings. The number of rotatable bonds is 8. The molecule has 2 aromatic carbocycles. The van der Waals surface area contributed by atoms with Crippen molar-refractivity contribution in [2.24, 2.45) is 5.92 Å². The second-order valence-corrected chi connectivity index (χ2v) is 7.14. The van der Waals surface area contributed by atoms with Crippen LogP contribution in [0.25, 0.3) is 6.08 Å². The second-order valence-electron chi connectivity index (χ2n) is 7.14. The molecule has 0 aliphatic carbocycles. The van der Waals surface area contributed by atoms with E-state index < -0.39 is 11.9 Å². The van der Waals surface area contributed by atoms with Crippen LogP contribution in [-0.4, -0.2) is 32.4 Å². The van der Waals surface area contributed by atoms with E-state index in [4.69, 9.17) is 18.9 Å². The zero-order chi connectivity index (χ0) is 21.5. The molecule has 1 amide bonds. The van der Waals surface area contributed by atoms with E-state index in [1.54, 1.807) is 48.5 Å². The van der Waals surface area contributed by atoms with E-state index in [0.29, 0.717) is 34.3 Å². The molecule has 30 heavy (non-hydrogen) atoms. The largest absolute Gasteiger partial charge is 0.496 e. The molecule has 0 saturated heterocycles. The average molecular weight is 411 g/mol. The third-order valence-corrected chi connectivity index (χ3v) is 4.46. The van der Waals surface area contributed by atoms with Gasteiger partial charge in [0.2, 0.25) is 6.79 Å². The van der Waals surface area contributed by atoms with Gasteiger partial charge >= 0.3 is 5.97 Å². The number of fused-ring (bicyclic) bond motifs is 1. The topological polar surface area (TPSA) is 83.1 Å². The van der Waals surface area contributed by atoms with Gasteiger partial charge in [0, 0.05) is 0 Å². The number of esters is 1. The number of para-hydroxylation sites is 1. The first-order chi connectivity index (χ1) is 14.5. The van der Waals surface area contributed by atoms with Crippen molar-refractivity contribution in [1.82, 2.24) is 5.32 Å². The number of nitrogens with one attached hydrogen (secondary N) is 1. The van der Waals surface area contributed by atoms with E-state index in [1.165, 1.54) is 7.11 Å². The standard InChI is InChI=1S/C23H25NO6/c1-15(2)10-11-28-23(26)18(12-16-8-9-20-21(13-16)30-14-29-20)24-22(25)17-6-4-5-7-19(17)27-3/h4-9,12-13,15H,10-11,14H2,1-3H3,(H,24,25)/b18-12-. The van der Waals surface area contributed by atoms with Crippen molar-refractivity contribution < 1.29 is 28.5 Å². The van der Waals surface area contributed by atoms with Crippen LogP contribution in [0.4, 0.5) is 0 Å². The van der Waals surface area contributed by atoms with Gasteiger partial charge in [-0.15, -0.1) is 0 Å². The van der Waals surface area contributed by atoms with Gasteiger partial charge in [-0.2, -0.15) is 0 Å². The SMILES string of the molecule is COc1ccccc1C(=O)N/C(=C\c1ccc2c(c1)OCO2)C(=O)OCCC(C)C. The predicted molar refractivity (Wildman–Crippen MR) is 111 cm³/mol. The molecule has 1 aliphatic rings. The van der Waals surface area contributed by atoms with Crippen molar-refractivity contribution in [3.8, 4) is 17.2 Å². The van der Waals surface area contributed by atoms with Crippen molar-refractivity contribution in [2.75, 3.05) is 20.5 Å². The lowest BCUT2D eigenvalue weighted by atomic mass is 10.1. The minimum atomic E-state index is -0.614. The van der Waals surface area contributed by atoms with Crippen LogP contribution in [-0.2, 0) is 9.53 Å². The molecule has 2 aromatic rings. The van der Waals surface area contributed by atoms with E-state index in [1.807, 2.05) is 13.8 Å². The third-order valence-electron chi connectivity index (χ3n) is 4.46. The van der Waals surface area contributed by atoms with Crippen LogP contribution in [0.5, 0.6) is 17.2 Å². The number of carbonyl (C=O) groups excluding carboxylic acids is 2. The molecule has 1 aliphatic heterocycles. The van der Waals surface area contributed by atoms with Crippen molar-refractivity contribution in [1.29, 1.82) is 0 Å². The van der Waals surface area contributed by atoms with E-state index >= 15 is 0 Å². The summed E-state index contributed by atoms with van der Waals surface area (Å²) in [6, 6.07) is 12.0. The van der Waals surface area contributed by atoms with Crippen LogP contribution in [0.15, 0.2) is 48.2 Å². The Labute approximate surface area is 175 Å². The third kappa shape index (κ3) is 5.31. The summed E-state index contributed by atoms with van der Waals surface area (Å²) in [6.45, 7) is 4.50. The summed E-state index contributed by atoms with van der Waals surface area (Å²) in [5.74, 6) is 0.920. The number of ether oxygens (including phenoxy) is 4. The van der Waals surface area contributed by atoms with E-state index in [0.717, 1.165) is 6.42 Å². The van der Waals surface area contributed by atoms with Crippen molar-refractivity contribution in [3.63, 3.8) is 0 Å². The van der Waals surface area contributed by atoms with Gasteiger partial charge in [0.25, 0.3) is 5.91 Å². The highest BCUT2D eigenvalue weighted by molar-refractivity contribution is 6.04. The van der Waals surface area contributed by atoms with Crippen LogP contribution in [0, 0.1) is 5.92 Å². The van der Waals surface area contributed by atoms with Gasteiger partial charge in [-0.25, -0.2) is 4.79 Å². The number of methoxy groups -OCH3 is 1. The van der Waals surface area contributed by atoms with E-state index in [2.05, 4.69) is 5.32 Å². The van der Waals surface area contributed by atoms with Gasteiger partial charge in [0.15, 0.2) is 11.5 Å². The highest BCUT2D eigenvalue weighted by Crippen LogP contribution is 2.33. The van der Waals surface area contributed by atoms with Crippen LogP contribution < -0.4 is 19.5 Å². The monoisotopic (exact) mass is 411 g/mol. The van der Waals surface area contributed by atoms with Crippen LogP contribution in [0.3, 0.4) is 0 Å². The molecule has 7 heteroatoms. The van der Waals surface area contributed by atoms with Crippen molar-refractivity contribution in [2.45, 2.75) is 20.3 Å². The fourth-order valence-corrected chi connectivity index (χ4v) is 2.80. The second kappa shape index (κ2) is 9.82. The summed E-state index contributed by atoms with van der Waals surface area (Å²) >= 11 is 0. The Balaban J connectivity index is 1.85. The normalized spacial score (nSPS) is 12.6. The van der Waals surface area contributed by atoms with Crippen molar-refractivity contribution in [3.05, 3.63) is 59.3 Å². The molecular formula is C23H25NO6. The average Bonchev–Trinajstić information content (AvgIpc) is 3.20. The Morgan fingerprint density at radius 2 is 1.90 bits per heavy atom. The fraction of sp³-hybridized carbons (Fsp3) is 0.304. The Hall–Kier alpha value is -3.48. The number of carbonyl (C=O) groups is 2. The van der Waals surface area contributed by atoms with Gasteiger partial charge in [0.1, 0.15) is 11.4 Å². The summed E-state index contributed by atoms with van der Waals surface area (Å²) < 4.78 is 21.3. The first-order valence-electron chi connectivity index (χ1n) is 9.70. The number of hydrogen-bond donors (Lipinski definition) is 1. The number of hydrogen-bond acceptors (Lipinski definition) is 6. The van der Waals surface area contributed by atoms with Crippen LogP contribution in [0.1, 0.15) is 36.2 Å². The summed E-state index contributed by atoms with van der Waals surface area (Å²) in [5, 5.41) is 2.66. The Bertz CT molecular complexity index is 950. The molecule has 0 radical (unpaired) electrons. The van der Waals surface area contributed by atoms with Gasteiger partial charge in [-0.3, -0.25) is 4.79 Å². The highest BCUT2D eigenvalue weighted by atomic mass is 16.7. The highest BCUT2D eigenvalue weighted by Gasteiger charge is 2.19. The van der Waals surface area contributed by atoms with E-state index in [-0.39, 0.29) is 19.1 Å². The molecule has 0 atom stereocenters. The molecule has 3 rings (SSSR count). The summed E-state index contributed by atoms with van der Waals surface area (Å²) in [7, 11) is 1.48. The van der Waals surface area contributed by atoms with Crippen molar-refractivity contribution >= 4 is 18.0 Å². The lowest BCUT2D eigenvalue weighted by molar-refractivity contribution is -0.139. The van der Waals surface area contributed by atoms with Gasteiger partial charge < -0.3 is 24.3 Å². The van der Waals surface area contributed by atoms with Crippen LogP contribution in [0.2, 0.25) is 0 Å². The maximum Gasteiger partial charge on any atom is 0.354 e. The molecule has 0 bridgehead atoms. The summed E-state index contributed by atoms with van der Waals surface area (Å²) in [4.78, 5) is 25.5. The van der Waals surface area contributed by atoms with Gasteiger partial charge in [-0.1, -0.05) is 32.0 Å². The molecule has 0 unspecified atom stereocenters. The first kappa shape index (κ1) is 21.2. The lowest BCUT2D eigenvalue weighted by Crippen LogP contribution is -2.29. The number of benzene rings is 2. The van der Waals surface area contributed by atoms with E-state index in [9.17, 15) is 9.59 Å². The first-order valence-corrected chi connectivity index (χ1v) is 9.70. The number of amides is 1. The maximum absolute atomic E-state index is 12.8.